The Balaban J connectivity index is 1.44. The van der Waals surface area contributed by atoms with Crippen molar-refractivity contribution in [2.45, 2.75) is 13.0 Å². The van der Waals surface area contributed by atoms with Crippen molar-refractivity contribution in [2.24, 2.45) is 0 Å². The second kappa shape index (κ2) is 10.0. The van der Waals surface area contributed by atoms with Gasteiger partial charge in [-0.2, -0.15) is 0 Å². The van der Waals surface area contributed by atoms with Crippen LogP contribution in [0.15, 0.2) is 63.9 Å². The van der Waals surface area contributed by atoms with Crippen LogP contribution in [0.5, 0.6) is 5.75 Å². The molecule has 0 saturated carbocycles. The molecule has 144 valence electrons. The lowest BCUT2D eigenvalue weighted by Gasteiger charge is -2.09. The number of thiazole rings is 1. The fourth-order valence-electron chi connectivity index (χ4n) is 2.34. The van der Waals surface area contributed by atoms with E-state index in [2.05, 4.69) is 31.5 Å². The van der Waals surface area contributed by atoms with Crippen molar-refractivity contribution >= 4 is 44.8 Å². The largest absolute Gasteiger partial charge is 0.487 e. The molecule has 2 aromatic carbocycles. The van der Waals surface area contributed by atoms with Gasteiger partial charge in [0.25, 0.3) is 5.91 Å². The predicted molar refractivity (Wildman–Crippen MR) is 113 cm³/mol. The Morgan fingerprint density at radius 2 is 1.96 bits per heavy atom. The Morgan fingerprint density at radius 3 is 2.71 bits per heavy atom. The van der Waals surface area contributed by atoms with Crippen LogP contribution < -0.4 is 15.4 Å². The lowest BCUT2D eigenvalue weighted by molar-refractivity contribution is -0.116. The highest BCUT2D eigenvalue weighted by molar-refractivity contribution is 9.10. The zero-order valence-corrected chi connectivity index (χ0v) is 17.3. The Bertz CT molecular complexity index is 930. The molecule has 28 heavy (non-hydrogen) atoms. The van der Waals surface area contributed by atoms with Gasteiger partial charge in [0.05, 0.1) is 11.2 Å². The average molecular weight is 460 g/mol. The topological polar surface area (TPSA) is 80.3 Å². The number of nitrogens with zero attached hydrogens (tertiary/aromatic N) is 1. The summed E-state index contributed by atoms with van der Waals surface area (Å²) in [6.45, 7) is 0.593. The molecule has 0 aliphatic carbocycles. The maximum absolute atomic E-state index is 12.3. The first-order valence-electron chi connectivity index (χ1n) is 8.54. The molecule has 8 heteroatoms. The van der Waals surface area contributed by atoms with Gasteiger partial charge < -0.3 is 15.4 Å². The van der Waals surface area contributed by atoms with E-state index in [9.17, 15) is 9.59 Å². The van der Waals surface area contributed by atoms with Gasteiger partial charge in [-0.3, -0.25) is 9.59 Å². The molecule has 0 bridgehead atoms. The van der Waals surface area contributed by atoms with Gasteiger partial charge in [-0.05, 0) is 42.5 Å². The van der Waals surface area contributed by atoms with E-state index in [-0.39, 0.29) is 24.8 Å². The first kappa shape index (κ1) is 20.0. The summed E-state index contributed by atoms with van der Waals surface area (Å²) in [5, 5.41) is 7.45. The van der Waals surface area contributed by atoms with Gasteiger partial charge in [-0.1, -0.05) is 22.0 Å². The second-order valence-corrected chi connectivity index (χ2v) is 7.49. The van der Waals surface area contributed by atoms with Crippen molar-refractivity contribution in [1.82, 2.24) is 10.3 Å². The minimum atomic E-state index is -0.254. The molecule has 0 aliphatic heterocycles. The van der Waals surface area contributed by atoms with Gasteiger partial charge in [0, 0.05) is 34.1 Å². The molecule has 2 amide bonds. The van der Waals surface area contributed by atoms with Crippen LogP contribution >= 0.6 is 27.3 Å². The van der Waals surface area contributed by atoms with Crippen LogP contribution in [0.2, 0.25) is 0 Å². The summed E-state index contributed by atoms with van der Waals surface area (Å²) < 4.78 is 6.60. The molecule has 3 rings (SSSR count). The van der Waals surface area contributed by atoms with Crippen molar-refractivity contribution in [3.63, 3.8) is 0 Å². The number of halogens is 1. The van der Waals surface area contributed by atoms with Gasteiger partial charge in [-0.25, -0.2) is 4.98 Å². The molecule has 0 saturated heterocycles. The lowest BCUT2D eigenvalue weighted by atomic mass is 10.2. The fraction of sp³-hybridized carbons (Fsp3) is 0.150. The summed E-state index contributed by atoms with van der Waals surface area (Å²) in [6, 6.07) is 14.2. The minimum absolute atomic E-state index is 0.164. The Hall–Kier alpha value is -2.71. The van der Waals surface area contributed by atoms with Crippen molar-refractivity contribution < 1.29 is 14.3 Å². The summed E-state index contributed by atoms with van der Waals surface area (Å²) in [5.74, 6) is 0.173. The number of carbonyl (C=O) groups excluding carboxylic acids is 2. The number of amides is 2. The van der Waals surface area contributed by atoms with E-state index in [4.69, 9.17) is 4.74 Å². The van der Waals surface area contributed by atoms with Crippen LogP contribution in [0, 0.1) is 0 Å². The minimum Gasteiger partial charge on any atom is -0.487 e. The number of benzene rings is 2. The fourth-order valence-corrected chi connectivity index (χ4v) is 3.15. The normalized spacial score (nSPS) is 10.3. The van der Waals surface area contributed by atoms with Crippen LogP contribution in [-0.4, -0.2) is 23.3 Å². The highest BCUT2D eigenvalue weighted by atomic mass is 79.9. The highest BCUT2D eigenvalue weighted by Gasteiger charge is 2.09. The predicted octanol–water partition coefficient (Wildman–Crippen LogP) is 4.24. The highest BCUT2D eigenvalue weighted by Crippen LogP contribution is 2.16. The molecule has 0 radical (unpaired) electrons. The SMILES string of the molecule is O=C(CCNC(=O)c1cccc(OCc2cscn2)c1)Nc1ccc(Br)cc1. The van der Waals surface area contributed by atoms with Crippen molar-refractivity contribution in [1.29, 1.82) is 0 Å². The van der Waals surface area contributed by atoms with Gasteiger partial charge in [0.2, 0.25) is 5.91 Å². The summed E-state index contributed by atoms with van der Waals surface area (Å²) >= 11 is 4.85. The van der Waals surface area contributed by atoms with Crippen LogP contribution in [0.25, 0.3) is 0 Å². The first-order chi connectivity index (χ1) is 13.6. The summed E-state index contributed by atoms with van der Waals surface area (Å²) in [7, 11) is 0. The zero-order chi connectivity index (χ0) is 19.8. The van der Waals surface area contributed by atoms with Gasteiger partial charge in [-0.15, -0.1) is 11.3 Å². The van der Waals surface area contributed by atoms with E-state index in [1.807, 2.05) is 17.5 Å². The van der Waals surface area contributed by atoms with Gasteiger partial charge >= 0.3 is 0 Å². The maximum atomic E-state index is 12.3. The third-order valence-electron chi connectivity index (χ3n) is 3.73. The monoisotopic (exact) mass is 459 g/mol. The summed E-state index contributed by atoms with van der Waals surface area (Å²) in [4.78, 5) is 28.4. The Kier molecular flexibility index (Phi) is 7.16. The molecule has 3 aromatic rings. The quantitative estimate of drug-likeness (QED) is 0.527. The lowest BCUT2D eigenvalue weighted by Crippen LogP contribution is -2.27. The van der Waals surface area contributed by atoms with Crippen LogP contribution in [0.4, 0.5) is 5.69 Å². The molecule has 0 spiro atoms. The Labute approximate surface area is 175 Å². The molecule has 6 nitrogen and oxygen atoms in total. The molecule has 2 N–H and O–H groups in total. The van der Waals surface area contributed by atoms with Crippen LogP contribution in [0.3, 0.4) is 0 Å². The molecule has 0 unspecified atom stereocenters. The summed E-state index contributed by atoms with van der Waals surface area (Å²) in [5.41, 5.74) is 3.78. The number of rotatable bonds is 8. The van der Waals surface area contributed by atoms with Gasteiger partial charge in [0.15, 0.2) is 0 Å². The molecule has 0 aliphatic rings. The van der Waals surface area contributed by atoms with E-state index in [0.29, 0.717) is 23.6 Å². The van der Waals surface area contributed by atoms with Crippen molar-refractivity contribution in [3.8, 4) is 5.75 Å². The number of hydrogen-bond donors (Lipinski definition) is 2. The molecule has 1 aromatic heterocycles. The smallest absolute Gasteiger partial charge is 0.251 e. The number of ether oxygens (including phenoxy) is 1. The number of nitrogens with one attached hydrogen (secondary N) is 2. The van der Waals surface area contributed by atoms with E-state index in [1.54, 1.807) is 41.9 Å². The number of aromatic nitrogens is 1. The first-order valence-corrected chi connectivity index (χ1v) is 10.3. The number of hydrogen-bond acceptors (Lipinski definition) is 5. The molecule has 0 atom stereocenters. The zero-order valence-electron chi connectivity index (χ0n) is 14.9. The average Bonchev–Trinajstić information content (AvgIpc) is 3.22. The third-order valence-corrected chi connectivity index (χ3v) is 4.90. The maximum Gasteiger partial charge on any atom is 0.251 e. The molecule has 1 heterocycles. The summed E-state index contributed by atoms with van der Waals surface area (Å²) in [6.07, 6.45) is 0.182. The molecular formula is C20H18BrN3O3S. The third kappa shape index (κ3) is 6.17. The van der Waals surface area contributed by atoms with Gasteiger partial charge in [0.1, 0.15) is 12.4 Å². The van der Waals surface area contributed by atoms with E-state index in [0.717, 1.165) is 10.2 Å². The molecule has 0 fully saturated rings. The molecular weight excluding hydrogens is 442 g/mol. The van der Waals surface area contributed by atoms with Crippen LogP contribution in [-0.2, 0) is 11.4 Å². The van der Waals surface area contributed by atoms with E-state index >= 15 is 0 Å². The number of anilines is 1. The van der Waals surface area contributed by atoms with Crippen LogP contribution in [0.1, 0.15) is 22.5 Å². The number of carbonyl (C=O) groups is 2. The van der Waals surface area contributed by atoms with E-state index in [1.165, 1.54) is 11.3 Å². The Morgan fingerprint density at radius 1 is 1.14 bits per heavy atom. The van der Waals surface area contributed by atoms with E-state index < -0.39 is 0 Å². The standard InChI is InChI=1S/C20H18BrN3O3S/c21-15-4-6-16(7-5-15)24-19(25)8-9-22-20(26)14-2-1-3-18(10-14)27-11-17-12-28-13-23-17/h1-7,10,12-13H,8-9,11H2,(H,22,26)(H,24,25). The van der Waals surface area contributed by atoms with Crippen molar-refractivity contribution in [2.75, 3.05) is 11.9 Å². The second-order valence-electron chi connectivity index (χ2n) is 5.86. The van der Waals surface area contributed by atoms with Crippen molar-refractivity contribution in [3.05, 3.63) is 75.2 Å².